The molecule has 1 aromatic heterocycles. The number of benzene rings is 3. The maximum Gasteiger partial charge on any atom is 0.414 e. The molecule has 2 atom stereocenters. The quantitative estimate of drug-likeness (QED) is 0.119. The third kappa shape index (κ3) is 7.77. The van der Waals surface area contributed by atoms with Crippen LogP contribution in [0.15, 0.2) is 67.0 Å². The number of amides is 1. The Balaban J connectivity index is 1.44. The zero-order valence-corrected chi connectivity index (χ0v) is 30.1. The third-order valence-corrected chi connectivity index (χ3v) is 10.7. The highest BCUT2D eigenvalue weighted by atomic mass is 35.5. The van der Waals surface area contributed by atoms with Gasteiger partial charge in [-0.3, -0.25) is 9.80 Å². The summed E-state index contributed by atoms with van der Waals surface area (Å²) in [6.45, 7) is 2.51. The van der Waals surface area contributed by atoms with Crippen molar-refractivity contribution in [1.29, 1.82) is 0 Å². The van der Waals surface area contributed by atoms with E-state index < -0.39 is 18.0 Å². The molecule has 14 heteroatoms. The summed E-state index contributed by atoms with van der Waals surface area (Å²) >= 11 is 19.6. The molecule has 0 saturated carbocycles. The Morgan fingerprint density at radius 2 is 1.71 bits per heavy atom. The molecular formula is C37H36Cl3N3O8. The van der Waals surface area contributed by atoms with Gasteiger partial charge >= 0.3 is 12.1 Å². The number of ether oxygens (including phenoxy) is 3. The second-order valence-corrected chi connectivity index (χ2v) is 13.8. The number of hydrogen-bond acceptors (Lipinski definition) is 8. The summed E-state index contributed by atoms with van der Waals surface area (Å²) in [7, 11) is 3.00. The van der Waals surface area contributed by atoms with Crippen LogP contribution >= 0.6 is 34.8 Å². The van der Waals surface area contributed by atoms with E-state index in [0.717, 1.165) is 25.9 Å². The molecule has 0 radical (unpaired) electrons. The van der Waals surface area contributed by atoms with Crippen LogP contribution in [0.25, 0.3) is 0 Å². The molecule has 3 fully saturated rings. The number of piperidine rings is 3. The first-order valence-electron chi connectivity index (χ1n) is 16.3. The van der Waals surface area contributed by atoms with E-state index in [2.05, 4.69) is 4.90 Å². The van der Waals surface area contributed by atoms with Gasteiger partial charge in [-0.1, -0.05) is 59.1 Å². The molecule has 2 N–H and O–H groups in total. The largest absolute Gasteiger partial charge is 0.619 e. The van der Waals surface area contributed by atoms with Crippen molar-refractivity contribution in [2.45, 2.75) is 37.8 Å². The number of methoxy groups -OCH3 is 2. The van der Waals surface area contributed by atoms with Gasteiger partial charge in [0, 0.05) is 18.0 Å². The third-order valence-electron chi connectivity index (χ3n) is 9.66. The number of phenolic OH excluding ortho intramolecular Hbond substituents is 1. The van der Waals surface area contributed by atoms with Crippen LogP contribution in [0.5, 0.6) is 17.2 Å². The molecule has 51 heavy (non-hydrogen) atoms. The predicted octanol–water partition coefficient (Wildman–Crippen LogP) is 7.31. The predicted molar refractivity (Wildman–Crippen MR) is 193 cm³/mol. The Morgan fingerprint density at radius 1 is 1.00 bits per heavy atom. The monoisotopic (exact) mass is 755 g/mol. The van der Waals surface area contributed by atoms with E-state index in [4.69, 9.17) is 49.0 Å². The van der Waals surface area contributed by atoms with E-state index in [0.29, 0.717) is 45.0 Å². The average Bonchev–Trinajstić information content (AvgIpc) is 3.11. The number of anilines is 1. The zero-order chi connectivity index (χ0) is 36.4. The topological polar surface area (TPSA) is 136 Å². The van der Waals surface area contributed by atoms with Gasteiger partial charge in [0.2, 0.25) is 0 Å². The summed E-state index contributed by atoms with van der Waals surface area (Å²) < 4.78 is 17.6. The van der Waals surface area contributed by atoms with E-state index in [9.17, 15) is 25.0 Å². The molecule has 4 aromatic rings. The van der Waals surface area contributed by atoms with Crippen LogP contribution in [0.3, 0.4) is 0 Å². The molecule has 3 aliphatic heterocycles. The summed E-state index contributed by atoms with van der Waals surface area (Å²) in [5.41, 5.74) is 2.24. The maximum absolute atomic E-state index is 14.0. The van der Waals surface area contributed by atoms with Crippen molar-refractivity contribution in [3.8, 4) is 17.2 Å². The van der Waals surface area contributed by atoms with Crippen molar-refractivity contribution in [2.24, 2.45) is 5.92 Å². The van der Waals surface area contributed by atoms with Crippen molar-refractivity contribution in [3.63, 3.8) is 0 Å². The second-order valence-electron chi connectivity index (χ2n) is 12.6. The number of aromatic carboxylic acids is 1. The minimum atomic E-state index is -1.18. The Bertz CT molecular complexity index is 1930. The lowest BCUT2D eigenvalue weighted by molar-refractivity contribution is -0.605. The average molecular weight is 757 g/mol. The number of carbonyl (C=O) groups excluding carboxylic acids is 1. The molecule has 4 heterocycles. The van der Waals surface area contributed by atoms with Crippen LogP contribution in [0, 0.1) is 11.1 Å². The number of carboxylic acid groups (broad SMARTS) is 1. The van der Waals surface area contributed by atoms with Crippen LogP contribution in [0.4, 0.5) is 10.5 Å². The number of rotatable bonds is 11. The Kier molecular flexibility index (Phi) is 11.0. The Morgan fingerprint density at radius 3 is 2.33 bits per heavy atom. The number of fused-ring (bicyclic) bond motifs is 3. The molecular weight excluding hydrogens is 721 g/mol. The number of hydrogen-bond donors (Lipinski definition) is 2. The van der Waals surface area contributed by atoms with Crippen LogP contribution in [-0.4, -0.2) is 67.1 Å². The van der Waals surface area contributed by atoms with Crippen LogP contribution < -0.4 is 19.1 Å². The van der Waals surface area contributed by atoms with Gasteiger partial charge in [0.15, 0.2) is 23.9 Å². The summed E-state index contributed by atoms with van der Waals surface area (Å²) in [4.78, 5) is 30.4. The number of phenols is 1. The lowest BCUT2D eigenvalue weighted by atomic mass is 9.82. The minimum absolute atomic E-state index is 0.00241. The molecule has 0 aliphatic carbocycles. The van der Waals surface area contributed by atoms with E-state index >= 15 is 0 Å². The van der Waals surface area contributed by atoms with Crippen LogP contribution in [0.1, 0.15) is 51.4 Å². The highest BCUT2D eigenvalue weighted by Gasteiger charge is 2.38. The van der Waals surface area contributed by atoms with Gasteiger partial charge in [0.1, 0.15) is 26.9 Å². The van der Waals surface area contributed by atoms with Crippen molar-refractivity contribution in [2.75, 3.05) is 38.8 Å². The van der Waals surface area contributed by atoms with Crippen molar-refractivity contribution in [1.82, 2.24) is 4.90 Å². The standard InChI is InChI=1S/C37H36Cl3N3O8/c1-49-32-9-7-23(15-33(32)50-2)25(16-27-28(38)18-42(48)19-29(27)39)26-14-21(6-8-24(26)36(45)46)17-43(30-4-3-5-31(44)35(30)40)37(47)51-34-20-41-12-10-22(34)11-13-41/h3-9,14-15,18-19,22,25,34,44H,10-13,16-17,20H2,1-2H3,(H,45,46)/t25-,34-/m0/s1. The zero-order valence-electron chi connectivity index (χ0n) is 27.9. The summed E-state index contributed by atoms with van der Waals surface area (Å²) in [5, 5.41) is 33.2. The Labute approximate surface area is 310 Å². The fourth-order valence-corrected chi connectivity index (χ4v) is 7.81. The lowest BCUT2D eigenvalue weighted by Gasteiger charge is -2.44. The van der Waals surface area contributed by atoms with Crippen molar-refractivity contribution < 1.29 is 38.7 Å². The van der Waals surface area contributed by atoms with E-state index in [1.807, 2.05) is 0 Å². The fourth-order valence-electron chi connectivity index (χ4n) is 6.98. The Hall–Kier alpha value is -4.42. The van der Waals surface area contributed by atoms with Gasteiger partial charge in [-0.05, 0) is 85.3 Å². The smallest absolute Gasteiger partial charge is 0.414 e. The number of aromatic hydroxyl groups is 1. The van der Waals surface area contributed by atoms with Crippen LogP contribution in [0.2, 0.25) is 15.1 Å². The van der Waals surface area contributed by atoms with Gasteiger partial charge in [0.05, 0.1) is 32.0 Å². The van der Waals surface area contributed by atoms with Gasteiger partial charge in [-0.15, -0.1) is 0 Å². The number of nitrogens with zero attached hydrogens (tertiary/aromatic N) is 3. The number of pyridine rings is 1. The first kappa shape index (κ1) is 36.4. The highest BCUT2D eigenvalue weighted by Crippen LogP contribution is 2.40. The first-order chi connectivity index (χ1) is 24.5. The maximum atomic E-state index is 14.0. The first-order valence-corrected chi connectivity index (χ1v) is 17.4. The minimum Gasteiger partial charge on any atom is -0.619 e. The normalized spacial score (nSPS) is 18.6. The molecule has 11 nitrogen and oxygen atoms in total. The van der Waals surface area contributed by atoms with Gasteiger partial charge < -0.3 is 29.6 Å². The van der Waals surface area contributed by atoms with Crippen molar-refractivity contribution in [3.05, 3.63) is 115 Å². The molecule has 7 rings (SSSR count). The molecule has 2 bridgehead atoms. The molecule has 3 saturated heterocycles. The second kappa shape index (κ2) is 15.4. The SMILES string of the molecule is COc1ccc([C@H](Cc2c(Cl)c[n+]([O-])cc2Cl)c2cc(CN(C(=O)O[C@H]3CN4CCC3CC4)c3cccc(O)c3Cl)ccc2C(=O)O)cc1OC. The molecule has 1 amide bonds. The van der Waals surface area contributed by atoms with E-state index in [-0.39, 0.29) is 57.1 Å². The lowest BCUT2D eigenvalue weighted by Crippen LogP contribution is -2.53. The van der Waals surface area contributed by atoms with Crippen molar-refractivity contribution >= 4 is 52.6 Å². The molecule has 3 aromatic carbocycles. The van der Waals surface area contributed by atoms with Gasteiger partial charge in [-0.2, -0.15) is 4.73 Å². The highest BCUT2D eigenvalue weighted by molar-refractivity contribution is 6.35. The fraction of sp³-hybridized carbons (Fsp3) is 0.324. The van der Waals surface area contributed by atoms with Crippen LogP contribution in [-0.2, 0) is 17.7 Å². The molecule has 268 valence electrons. The number of carbonyl (C=O) groups is 2. The number of aromatic nitrogens is 1. The van der Waals surface area contributed by atoms with Gasteiger partial charge in [-0.25, -0.2) is 9.59 Å². The molecule has 0 unspecified atom stereocenters. The van der Waals surface area contributed by atoms with E-state index in [1.165, 1.54) is 43.6 Å². The summed E-state index contributed by atoms with van der Waals surface area (Å²) in [5.74, 6) is -0.950. The van der Waals surface area contributed by atoms with Gasteiger partial charge in [0.25, 0.3) is 0 Å². The molecule has 3 aliphatic rings. The number of carboxylic acids is 1. The van der Waals surface area contributed by atoms with E-state index in [1.54, 1.807) is 42.5 Å². The molecule has 0 spiro atoms. The summed E-state index contributed by atoms with van der Waals surface area (Å²) in [6, 6.07) is 14.6. The number of halogens is 3. The summed E-state index contributed by atoms with van der Waals surface area (Å²) in [6.07, 6.45) is 3.39.